The number of fused-ring (bicyclic) bond motifs is 2. The lowest BCUT2D eigenvalue weighted by Crippen LogP contribution is -2.10. The first-order chi connectivity index (χ1) is 15.4. The fourth-order valence-corrected chi connectivity index (χ4v) is 3.51. The molecule has 8 heteroatoms. The summed E-state index contributed by atoms with van der Waals surface area (Å²) in [6, 6.07) is 19.1. The summed E-state index contributed by atoms with van der Waals surface area (Å²) in [5.41, 5.74) is 0.744. The minimum Gasteiger partial charge on any atom is -0.489 e. The Labute approximate surface area is 179 Å². The summed E-state index contributed by atoms with van der Waals surface area (Å²) in [4.78, 5) is 20.1. The van der Waals surface area contributed by atoms with Crippen molar-refractivity contribution in [3.05, 3.63) is 94.3 Å². The minimum absolute atomic E-state index is 0.0155. The molecular weight excluding hydrogens is 421 g/mol. The van der Waals surface area contributed by atoms with E-state index in [0.29, 0.717) is 11.2 Å². The van der Waals surface area contributed by atoms with Gasteiger partial charge in [0.2, 0.25) is 0 Å². The maximum Gasteiger partial charge on any atom is 0.416 e. The molecule has 1 N–H and O–H groups in total. The summed E-state index contributed by atoms with van der Waals surface area (Å²) in [6.45, 7) is -0.275. The number of alkyl halides is 3. The molecule has 0 saturated heterocycles. The molecule has 0 unspecified atom stereocenters. The second kappa shape index (κ2) is 7.56. The summed E-state index contributed by atoms with van der Waals surface area (Å²) < 4.78 is 50.5. The Bertz CT molecular complexity index is 1470. The molecule has 0 fully saturated rings. The number of halogens is 3. The van der Waals surface area contributed by atoms with E-state index in [1.807, 2.05) is 24.3 Å². The average molecular weight is 436 g/mol. The van der Waals surface area contributed by atoms with Crippen LogP contribution in [0, 0.1) is 0 Å². The zero-order chi connectivity index (χ0) is 22.3. The molecule has 0 saturated carbocycles. The van der Waals surface area contributed by atoms with Crippen molar-refractivity contribution in [2.45, 2.75) is 12.8 Å². The van der Waals surface area contributed by atoms with Crippen LogP contribution in [0.4, 0.5) is 13.2 Å². The molecule has 0 radical (unpaired) electrons. The number of H-pyrrole nitrogens is 1. The molecule has 3 aromatic carbocycles. The highest BCUT2D eigenvalue weighted by molar-refractivity contribution is 5.84. The third-order valence-corrected chi connectivity index (χ3v) is 5.07. The molecule has 0 aliphatic heterocycles. The van der Waals surface area contributed by atoms with Crippen LogP contribution in [0.15, 0.2) is 82.0 Å². The normalized spacial score (nSPS) is 11.8. The Balaban J connectivity index is 1.44. The van der Waals surface area contributed by atoms with E-state index in [-0.39, 0.29) is 29.1 Å². The van der Waals surface area contributed by atoms with E-state index in [0.717, 1.165) is 17.1 Å². The van der Waals surface area contributed by atoms with E-state index in [4.69, 9.17) is 9.15 Å². The van der Waals surface area contributed by atoms with Crippen molar-refractivity contribution in [1.29, 1.82) is 0 Å². The number of aromatic amines is 1. The zero-order valence-corrected chi connectivity index (χ0v) is 16.4. The molecule has 0 bridgehead atoms. The Morgan fingerprint density at radius 1 is 0.969 bits per heavy atom. The number of hydrogen-bond acceptors (Lipinski definition) is 4. The molecule has 0 atom stereocenters. The van der Waals surface area contributed by atoms with Gasteiger partial charge in [-0.15, -0.1) is 0 Å². The summed E-state index contributed by atoms with van der Waals surface area (Å²) in [7, 11) is 0. The van der Waals surface area contributed by atoms with Crippen molar-refractivity contribution in [3.63, 3.8) is 0 Å². The summed E-state index contributed by atoms with van der Waals surface area (Å²) >= 11 is 0. The smallest absolute Gasteiger partial charge is 0.416 e. The standard InChI is InChI=1S/C24H15F3N2O3/c25-24(26,27)18-6-2-1-5-15(18)13-31-16-10-9-14-11-17(23(30)32-21(14)12-16)22-28-19-7-3-4-8-20(19)29-22/h1-12H,13H2,(H,28,29). The van der Waals surface area contributed by atoms with Gasteiger partial charge in [-0.2, -0.15) is 13.2 Å². The van der Waals surface area contributed by atoms with Crippen molar-refractivity contribution in [2.24, 2.45) is 0 Å². The number of nitrogens with one attached hydrogen (secondary N) is 1. The first-order valence-electron chi connectivity index (χ1n) is 9.69. The van der Waals surface area contributed by atoms with Crippen LogP contribution in [0.3, 0.4) is 0 Å². The van der Waals surface area contributed by atoms with Crippen molar-refractivity contribution in [1.82, 2.24) is 9.97 Å². The summed E-state index contributed by atoms with van der Waals surface area (Å²) in [5, 5.41) is 0.628. The van der Waals surface area contributed by atoms with E-state index in [1.165, 1.54) is 24.3 Å². The van der Waals surface area contributed by atoms with Crippen LogP contribution < -0.4 is 10.4 Å². The molecule has 32 heavy (non-hydrogen) atoms. The third kappa shape index (κ3) is 3.71. The third-order valence-electron chi connectivity index (χ3n) is 5.07. The van der Waals surface area contributed by atoms with E-state index in [9.17, 15) is 18.0 Å². The second-order valence-electron chi connectivity index (χ2n) is 7.19. The number of hydrogen-bond donors (Lipinski definition) is 1. The van der Waals surface area contributed by atoms with Gasteiger partial charge in [0.05, 0.1) is 16.6 Å². The van der Waals surface area contributed by atoms with Crippen LogP contribution in [0.5, 0.6) is 5.75 Å². The average Bonchev–Trinajstić information content (AvgIpc) is 3.20. The van der Waals surface area contributed by atoms with Crippen molar-refractivity contribution >= 4 is 22.0 Å². The number of benzene rings is 3. The highest BCUT2D eigenvalue weighted by Crippen LogP contribution is 2.32. The molecule has 0 spiro atoms. The van der Waals surface area contributed by atoms with Gasteiger partial charge in [-0.05, 0) is 36.4 Å². The molecule has 5 aromatic rings. The lowest BCUT2D eigenvalue weighted by atomic mass is 10.1. The molecule has 2 heterocycles. The van der Waals surface area contributed by atoms with Crippen LogP contribution in [-0.2, 0) is 12.8 Å². The number of ether oxygens (including phenoxy) is 1. The van der Waals surface area contributed by atoms with Gasteiger partial charge in [0.1, 0.15) is 29.3 Å². The molecule has 2 aromatic heterocycles. The molecule has 0 amide bonds. The zero-order valence-electron chi connectivity index (χ0n) is 16.4. The second-order valence-corrected chi connectivity index (χ2v) is 7.19. The summed E-state index contributed by atoms with van der Waals surface area (Å²) in [5.74, 6) is 0.681. The van der Waals surface area contributed by atoms with Crippen molar-refractivity contribution in [3.8, 4) is 17.1 Å². The first kappa shape index (κ1) is 19.9. The lowest BCUT2D eigenvalue weighted by molar-refractivity contribution is -0.138. The number of nitrogens with zero attached hydrogens (tertiary/aromatic N) is 1. The van der Waals surface area contributed by atoms with Gasteiger partial charge >= 0.3 is 11.8 Å². The van der Waals surface area contributed by atoms with Gasteiger partial charge in [-0.1, -0.05) is 30.3 Å². The molecular formula is C24H15F3N2O3. The monoisotopic (exact) mass is 436 g/mol. The number of para-hydroxylation sites is 2. The predicted octanol–water partition coefficient (Wildman–Crippen LogP) is 5.93. The Morgan fingerprint density at radius 3 is 2.56 bits per heavy atom. The Kier molecular flexibility index (Phi) is 4.70. The van der Waals surface area contributed by atoms with E-state index >= 15 is 0 Å². The molecule has 5 nitrogen and oxygen atoms in total. The van der Waals surface area contributed by atoms with Crippen molar-refractivity contribution in [2.75, 3.05) is 0 Å². The van der Waals surface area contributed by atoms with E-state index in [1.54, 1.807) is 18.2 Å². The molecule has 0 aliphatic rings. The van der Waals surface area contributed by atoms with E-state index < -0.39 is 17.4 Å². The van der Waals surface area contributed by atoms with Crippen LogP contribution in [0.25, 0.3) is 33.4 Å². The van der Waals surface area contributed by atoms with Gasteiger partial charge in [-0.25, -0.2) is 9.78 Å². The fourth-order valence-electron chi connectivity index (χ4n) is 3.51. The molecule has 0 aliphatic carbocycles. The topological polar surface area (TPSA) is 68.1 Å². The van der Waals surface area contributed by atoms with Gasteiger partial charge in [-0.3, -0.25) is 0 Å². The van der Waals surface area contributed by atoms with Crippen LogP contribution in [0.1, 0.15) is 11.1 Å². The summed E-state index contributed by atoms with van der Waals surface area (Å²) in [6.07, 6.45) is -4.47. The molecule has 160 valence electrons. The molecule has 5 rings (SSSR count). The lowest BCUT2D eigenvalue weighted by Gasteiger charge is -2.13. The first-order valence-corrected chi connectivity index (χ1v) is 9.69. The van der Waals surface area contributed by atoms with Gasteiger partial charge in [0, 0.05) is 17.0 Å². The SMILES string of the molecule is O=c1oc2cc(OCc3ccccc3C(F)(F)F)ccc2cc1-c1nc2ccccc2[nH]1. The van der Waals surface area contributed by atoms with Gasteiger partial charge in [0.15, 0.2) is 0 Å². The Hall–Kier alpha value is -4.07. The minimum atomic E-state index is -4.47. The van der Waals surface area contributed by atoms with Crippen LogP contribution >= 0.6 is 0 Å². The number of imidazole rings is 1. The highest BCUT2D eigenvalue weighted by atomic mass is 19.4. The highest BCUT2D eigenvalue weighted by Gasteiger charge is 2.33. The van der Waals surface area contributed by atoms with E-state index in [2.05, 4.69) is 9.97 Å². The fraction of sp³-hybridized carbons (Fsp3) is 0.0833. The quantitative estimate of drug-likeness (QED) is 0.355. The number of aromatic nitrogens is 2. The number of rotatable bonds is 4. The van der Waals surface area contributed by atoms with Crippen LogP contribution in [-0.4, -0.2) is 9.97 Å². The van der Waals surface area contributed by atoms with Crippen molar-refractivity contribution < 1.29 is 22.3 Å². The Morgan fingerprint density at radius 2 is 1.75 bits per heavy atom. The van der Waals surface area contributed by atoms with Gasteiger partial charge in [0.25, 0.3) is 0 Å². The van der Waals surface area contributed by atoms with Gasteiger partial charge < -0.3 is 14.1 Å². The maximum atomic E-state index is 13.2. The predicted molar refractivity (Wildman–Crippen MR) is 113 cm³/mol. The largest absolute Gasteiger partial charge is 0.489 e. The van der Waals surface area contributed by atoms with Crippen LogP contribution in [0.2, 0.25) is 0 Å². The maximum absolute atomic E-state index is 13.2.